The number of carbonyl (C=O) groups is 1. The maximum Gasteiger partial charge on any atom is 0.306 e. The minimum atomic E-state index is -0.796. The molecule has 138 valence electrons. The lowest BCUT2D eigenvalue weighted by Gasteiger charge is -2.18. The highest BCUT2D eigenvalue weighted by atomic mass is 19.1. The molecule has 0 aromatic heterocycles. The molecule has 2 N–H and O–H groups in total. The fourth-order valence-electron chi connectivity index (χ4n) is 3.27. The van der Waals surface area contributed by atoms with Crippen molar-refractivity contribution in [2.24, 2.45) is 5.92 Å². The second kappa shape index (κ2) is 6.98. The Morgan fingerprint density at radius 3 is 2.65 bits per heavy atom. The zero-order chi connectivity index (χ0) is 18.9. The predicted octanol–water partition coefficient (Wildman–Crippen LogP) is 4.41. The van der Waals surface area contributed by atoms with Gasteiger partial charge in [0, 0.05) is 29.8 Å². The molecule has 26 heavy (non-hydrogen) atoms. The molecule has 1 aliphatic rings. The molecule has 0 aliphatic carbocycles. The van der Waals surface area contributed by atoms with Gasteiger partial charge in [-0.2, -0.15) is 0 Å². The number of halogens is 1. The van der Waals surface area contributed by atoms with Crippen LogP contribution >= 0.6 is 0 Å². The van der Waals surface area contributed by atoms with E-state index in [1.807, 2.05) is 38.1 Å². The Balaban J connectivity index is 1.68. The van der Waals surface area contributed by atoms with Gasteiger partial charge in [0.25, 0.3) is 0 Å². The first-order valence-corrected chi connectivity index (χ1v) is 8.79. The quantitative estimate of drug-likeness (QED) is 0.804. The van der Waals surface area contributed by atoms with Crippen LogP contribution in [0.2, 0.25) is 0 Å². The lowest BCUT2D eigenvalue weighted by Crippen LogP contribution is -2.25. The Kier molecular flexibility index (Phi) is 4.90. The monoisotopic (exact) mass is 357 g/mol. The Hall–Kier alpha value is -2.56. The minimum absolute atomic E-state index is 0.250. The highest BCUT2D eigenvalue weighted by Crippen LogP contribution is 2.38. The normalized spacial score (nSPS) is 15.8. The van der Waals surface area contributed by atoms with Gasteiger partial charge in [-0.1, -0.05) is 19.1 Å². The van der Waals surface area contributed by atoms with Crippen molar-refractivity contribution in [3.8, 4) is 5.75 Å². The summed E-state index contributed by atoms with van der Waals surface area (Å²) in [5, 5.41) is 12.3. The molecule has 3 rings (SSSR count). The molecule has 0 saturated heterocycles. The van der Waals surface area contributed by atoms with Crippen LogP contribution in [0.3, 0.4) is 0 Å². The molecule has 0 saturated carbocycles. The molecule has 0 fully saturated rings. The number of nitrogens with one attached hydrogen (secondary N) is 1. The lowest BCUT2D eigenvalue weighted by atomic mass is 10.00. The third kappa shape index (κ3) is 4.15. The number of hydrogen-bond donors (Lipinski definition) is 2. The van der Waals surface area contributed by atoms with E-state index in [2.05, 4.69) is 5.32 Å². The molecule has 4 nitrogen and oxygen atoms in total. The number of benzene rings is 2. The fraction of sp³-hybridized carbons (Fsp3) is 0.381. The summed E-state index contributed by atoms with van der Waals surface area (Å²) in [5.41, 5.74) is 3.26. The maximum absolute atomic E-state index is 13.9. The standard InChI is InChI=1S/C21H24FNO3/c1-13(20(24)25)8-14-4-6-18(7-5-14)23-12-16-10-17(22)9-15-11-21(2,3)26-19(15)16/h4-7,9-10,13,23H,8,11-12H2,1-3H3,(H,24,25). The SMILES string of the molecule is CC(Cc1ccc(NCc2cc(F)cc3c2OC(C)(C)C3)cc1)C(=O)O. The van der Waals surface area contributed by atoms with Crippen LogP contribution in [0.5, 0.6) is 5.75 Å². The molecule has 0 bridgehead atoms. The third-order valence-corrected chi connectivity index (χ3v) is 4.60. The maximum atomic E-state index is 13.9. The van der Waals surface area contributed by atoms with Crippen molar-refractivity contribution in [3.63, 3.8) is 0 Å². The summed E-state index contributed by atoms with van der Waals surface area (Å²) in [6, 6.07) is 10.7. The summed E-state index contributed by atoms with van der Waals surface area (Å²) in [7, 11) is 0. The topological polar surface area (TPSA) is 58.6 Å². The Bertz CT molecular complexity index is 815. The highest BCUT2D eigenvalue weighted by Gasteiger charge is 2.32. The van der Waals surface area contributed by atoms with Crippen LogP contribution < -0.4 is 10.1 Å². The van der Waals surface area contributed by atoms with Crippen LogP contribution in [0.4, 0.5) is 10.1 Å². The first kappa shape index (κ1) is 18.2. The summed E-state index contributed by atoms with van der Waals surface area (Å²) in [4.78, 5) is 10.9. The number of anilines is 1. The number of aliphatic carboxylic acids is 1. The van der Waals surface area contributed by atoms with Crippen molar-refractivity contribution >= 4 is 11.7 Å². The molecule has 0 spiro atoms. The van der Waals surface area contributed by atoms with Crippen LogP contribution in [0.25, 0.3) is 0 Å². The van der Waals surface area contributed by atoms with Crippen molar-refractivity contribution in [3.05, 3.63) is 58.9 Å². The van der Waals surface area contributed by atoms with Gasteiger partial charge in [0.05, 0.1) is 5.92 Å². The number of carboxylic acids is 1. The first-order chi connectivity index (χ1) is 12.2. The Labute approximate surface area is 153 Å². The van der Waals surface area contributed by atoms with E-state index < -0.39 is 11.9 Å². The molecule has 1 atom stereocenters. The van der Waals surface area contributed by atoms with E-state index in [0.717, 1.165) is 28.1 Å². The lowest BCUT2D eigenvalue weighted by molar-refractivity contribution is -0.141. The predicted molar refractivity (Wildman–Crippen MR) is 99.1 cm³/mol. The van der Waals surface area contributed by atoms with Crippen LogP contribution in [0.15, 0.2) is 36.4 Å². The second-order valence-electron chi connectivity index (χ2n) is 7.59. The Morgan fingerprint density at radius 1 is 1.31 bits per heavy atom. The molecular formula is C21H24FNO3. The van der Waals surface area contributed by atoms with Crippen molar-refractivity contribution in [2.45, 2.75) is 45.8 Å². The van der Waals surface area contributed by atoms with Gasteiger partial charge in [-0.25, -0.2) is 4.39 Å². The van der Waals surface area contributed by atoms with Gasteiger partial charge < -0.3 is 15.2 Å². The number of carboxylic acid groups (broad SMARTS) is 1. The summed E-state index contributed by atoms with van der Waals surface area (Å²) < 4.78 is 19.9. The molecule has 2 aromatic carbocycles. The van der Waals surface area contributed by atoms with E-state index in [1.54, 1.807) is 13.0 Å². The van der Waals surface area contributed by atoms with Gasteiger partial charge >= 0.3 is 5.97 Å². The summed E-state index contributed by atoms with van der Waals surface area (Å²) >= 11 is 0. The molecular weight excluding hydrogens is 333 g/mol. The Morgan fingerprint density at radius 2 is 2.00 bits per heavy atom. The fourth-order valence-corrected chi connectivity index (χ4v) is 3.27. The van der Waals surface area contributed by atoms with E-state index >= 15 is 0 Å². The largest absolute Gasteiger partial charge is 0.487 e. The first-order valence-electron chi connectivity index (χ1n) is 8.79. The average Bonchev–Trinajstić information content (AvgIpc) is 2.87. The number of rotatable bonds is 6. The number of ether oxygens (including phenoxy) is 1. The summed E-state index contributed by atoms with van der Waals surface area (Å²) in [6.45, 7) is 6.15. The van der Waals surface area contributed by atoms with Gasteiger partial charge in [-0.15, -0.1) is 0 Å². The van der Waals surface area contributed by atoms with Crippen molar-refractivity contribution < 1.29 is 19.0 Å². The van der Waals surface area contributed by atoms with Crippen molar-refractivity contribution in [1.82, 2.24) is 0 Å². The molecule has 2 aromatic rings. The average molecular weight is 357 g/mol. The van der Waals surface area contributed by atoms with E-state index in [4.69, 9.17) is 9.84 Å². The summed E-state index contributed by atoms with van der Waals surface area (Å²) in [5.74, 6) is -0.685. The van der Waals surface area contributed by atoms with Gasteiger partial charge in [-0.05, 0) is 50.1 Å². The van der Waals surface area contributed by atoms with Crippen LogP contribution in [0, 0.1) is 11.7 Å². The highest BCUT2D eigenvalue weighted by molar-refractivity contribution is 5.70. The minimum Gasteiger partial charge on any atom is -0.487 e. The molecule has 5 heteroatoms. The van der Waals surface area contributed by atoms with Crippen LogP contribution in [-0.2, 0) is 24.2 Å². The molecule has 1 aliphatic heterocycles. The molecule has 1 heterocycles. The van der Waals surface area contributed by atoms with Gasteiger partial charge in [0.15, 0.2) is 0 Å². The molecule has 1 unspecified atom stereocenters. The smallest absolute Gasteiger partial charge is 0.306 e. The van der Waals surface area contributed by atoms with Crippen molar-refractivity contribution in [2.75, 3.05) is 5.32 Å². The van der Waals surface area contributed by atoms with E-state index in [9.17, 15) is 9.18 Å². The molecule has 0 radical (unpaired) electrons. The van der Waals surface area contributed by atoms with Gasteiger partial charge in [0.1, 0.15) is 17.2 Å². The summed E-state index contributed by atoms with van der Waals surface area (Å²) in [6.07, 6.45) is 1.19. The van der Waals surface area contributed by atoms with Crippen LogP contribution in [-0.4, -0.2) is 16.7 Å². The van der Waals surface area contributed by atoms with E-state index in [1.165, 1.54) is 6.07 Å². The van der Waals surface area contributed by atoms with Gasteiger partial charge in [-0.3, -0.25) is 4.79 Å². The van der Waals surface area contributed by atoms with E-state index in [0.29, 0.717) is 19.4 Å². The number of fused-ring (bicyclic) bond motifs is 1. The van der Waals surface area contributed by atoms with E-state index in [-0.39, 0.29) is 11.4 Å². The zero-order valence-electron chi connectivity index (χ0n) is 15.3. The molecule has 0 amide bonds. The zero-order valence-corrected chi connectivity index (χ0v) is 15.3. The van der Waals surface area contributed by atoms with Gasteiger partial charge in [0.2, 0.25) is 0 Å². The number of hydrogen-bond acceptors (Lipinski definition) is 3. The second-order valence-corrected chi connectivity index (χ2v) is 7.59. The van der Waals surface area contributed by atoms with Crippen LogP contribution in [0.1, 0.15) is 37.5 Å². The third-order valence-electron chi connectivity index (χ3n) is 4.60. The van der Waals surface area contributed by atoms with Crippen molar-refractivity contribution in [1.29, 1.82) is 0 Å².